The Morgan fingerprint density at radius 1 is 1.33 bits per heavy atom. The fraction of sp³-hybridized carbons (Fsp3) is 0.550. The van der Waals surface area contributed by atoms with Crippen LogP contribution in [0.3, 0.4) is 0 Å². The number of aliphatic hydroxyl groups is 1. The number of nitrogens with zero attached hydrogens (tertiary/aromatic N) is 1. The first-order valence-electron chi connectivity index (χ1n) is 9.04. The van der Waals surface area contributed by atoms with Crippen molar-refractivity contribution in [3.8, 4) is 5.75 Å². The molecule has 0 spiro atoms. The van der Waals surface area contributed by atoms with Crippen molar-refractivity contribution in [3.63, 3.8) is 0 Å². The highest BCUT2D eigenvalue weighted by Crippen LogP contribution is 2.33. The van der Waals surface area contributed by atoms with Crippen LogP contribution in [0.1, 0.15) is 44.3 Å². The third kappa shape index (κ3) is 3.70. The molecule has 1 aromatic heterocycles. The fourth-order valence-electron chi connectivity index (χ4n) is 3.93. The van der Waals surface area contributed by atoms with Gasteiger partial charge in [-0.15, -0.1) is 0 Å². The van der Waals surface area contributed by atoms with Gasteiger partial charge in [0, 0.05) is 11.6 Å². The Morgan fingerprint density at radius 2 is 2.21 bits per heavy atom. The van der Waals surface area contributed by atoms with E-state index in [9.17, 15) is 5.11 Å². The molecule has 3 atom stereocenters. The van der Waals surface area contributed by atoms with Gasteiger partial charge in [0.05, 0.1) is 18.7 Å². The second kappa shape index (κ2) is 7.95. The molecule has 4 nitrogen and oxygen atoms in total. The average molecular weight is 328 g/mol. The maximum Gasteiger partial charge on any atom is 0.119 e. The molecule has 1 aromatic carbocycles. The zero-order chi connectivity index (χ0) is 16.9. The van der Waals surface area contributed by atoms with Crippen LogP contribution in [0.5, 0.6) is 5.75 Å². The summed E-state index contributed by atoms with van der Waals surface area (Å²) in [6.45, 7) is 4.49. The van der Waals surface area contributed by atoms with Gasteiger partial charge in [-0.1, -0.05) is 13.3 Å². The third-order valence-electron chi connectivity index (χ3n) is 5.44. The maximum absolute atomic E-state index is 10.8. The van der Waals surface area contributed by atoms with Gasteiger partial charge < -0.3 is 15.2 Å². The highest BCUT2D eigenvalue weighted by atomic mass is 16.5. The van der Waals surface area contributed by atoms with E-state index in [1.807, 2.05) is 24.3 Å². The van der Waals surface area contributed by atoms with Gasteiger partial charge in [-0.25, -0.2) is 0 Å². The molecule has 4 heteroatoms. The van der Waals surface area contributed by atoms with Crippen molar-refractivity contribution in [2.75, 3.05) is 20.2 Å². The molecule has 2 aromatic rings. The van der Waals surface area contributed by atoms with E-state index in [0.717, 1.165) is 54.1 Å². The Balaban J connectivity index is 1.74. The number of methoxy groups -OCH3 is 1. The standard InChI is InChI=1S/C20H28N2O2/c1-3-14-13-21-10-8-15(14)4-7-20(23)17-9-11-22-19-6-5-16(24-2)12-18(17)19/h5-6,9,11-12,14-15,20-21,23H,3-4,7-8,10,13H2,1-2H3/t14-,15+,20-/m0/s1. The first-order chi connectivity index (χ1) is 11.7. The lowest BCUT2D eigenvalue weighted by Gasteiger charge is -2.32. The summed E-state index contributed by atoms with van der Waals surface area (Å²) in [5, 5.41) is 15.3. The summed E-state index contributed by atoms with van der Waals surface area (Å²) >= 11 is 0. The number of piperidine rings is 1. The van der Waals surface area contributed by atoms with Crippen LogP contribution in [0, 0.1) is 11.8 Å². The van der Waals surface area contributed by atoms with Crippen LogP contribution in [0.2, 0.25) is 0 Å². The number of ether oxygens (including phenoxy) is 1. The third-order valence-corrected chi connectivity index (χ3v) is 5.44. The molecule has 24 heavy (non-hydrogen) atoms. The smallest absolute Gasteiger partial charge is 0.119 e. The van der Waals surface area contributed by atoms with Crippen LogP contribution < -0.4 is 10.1 Å². The van der Waals surface area contributed by atoms with Gasteiger partial charge in [-0.05, 0) is 74.0 Å². The van der Waals surface area contributed by atoms with Gasteiger partial charge in [0.25, 0.3) is 0 Å². The SMILES string of the molecule is CC[C@H]1CNCC[C@H]1CC[C@H](O)c1ccnc2ccc(OC)cc12. The lowest BCUT2D eigenvalue weighted by atomic mass is 9.80. The molecule has 1 fully saturated rings. The Labute approximate surface area is 144 Å². The minimum absolute atomic E-state index is 0.449. The van der Waals surface area contributed by atoms with Crippen molar-refractivity contribution < 1.29 is 9.84 Å². The number of hydrogen-bond donors (Lipinski definition) is 2. The summed E-state index contributed by atoms with van der Waals surface area (Å²) in [4.78, 5) is 4.40. The highest BCUT2D eigenvalue weighted by Gasteiger charge is 2.24. The topological polar surface area (TPSA) is 54.4 Å². The zero-order valence-electron chi connectivity index (χ0n) is 14.7. The average Bonchev–Trinajstić information content (AvgIpc) is 2.65. The lowest BCUT2D eigenvalue weighted by molar-refractivity contribution is 0.139. The van der Waals surface area contributed by atoms with E-state index in [0.29, 0.717) is 5.92 Å². The molecule has 1 aliphatic rings. The van der Waals surface area contributed by atoms with Gasteiger partial charge >= 0.3 is 0 Å². The van der Waals surface area contributed by atoms with Crippen molar-refractivity contribution in [3.05, 3.63) is 36.0 Å². The predicted octanol–water partition coefficient (Wildman–Crippen LogP) is 3.69. The molecular formula is C20H28N2O2. The molecule has 3 rings (SSSR count). The van der Waals surface area contributed by atoms with E-state index in [4.69, 9.17) is 4.74 Å². The van der Waals surface area contributed by atoms with Crippen LogP contribution in [0.15, 0.2) is 30.5 Å². The van der Waals surface area contributed by atoms with E-state index in [1.54, 1.807) is 13.3 Å². The van der Waals surface area contributed by atoms with Crippen molar-refractivity contribution in [2.45, 2.75) is 38.7 Å². The number of aromatic nitrogens is 1. The van der Waals surface area contributed by atoms with Gasteiger partial charge in [0.15, 0.2) is 0 Å². The Morgan fingerprint density at radius 3 is 3.00 bits per heavy atom. The summed E-state index contributed by atoms with van der Waals surface area (Å²) in [6, 6.07) is 7.77. The fourth-order valence-corrected chi connectivity index (χ4v) is 3.93. The molecule has 0 saturated carbocycles. The molecule has 2 N–H and O–H groups in total. The molecule has 0 unspecified atom stereocenters. The minimum atomic E-state index is -0.449. The maximum atomic E-state index is 10.8. The van der Waals surface area contributed by atoms with Crippen molar-refractivity contribution >= 4 is 10.9 Å². The van der Waals surface area contributed by atoms with Crippen LogP contribution in [-0.4, -0.2) is 30.3 Å². The molecule has 130 valence electrons. The van der Waals surface area contributed by atoms with Crippen LogP contribution in [0.25, 0.3) is 10.9 Å². The van der Waals surface area contributed by atoms with Crippen molar-refractivity contribution in [1.82, 2.24) is 10.3 Å². The van der Waals surface area contributed by atoms with Gasteiger partial charge in [0.1, 0.15) is 5.75 Å². The van der Waals surface area contributed by atoms with Crippen molar-refractivity contribution in [2.24, 2.45) is 11.8 Å². The summed E-state index contributed by atoms with van der Waals surface area (Å²) in [7, 11) is 1.66. The Bertz CT molecular complexity index is 674. The molecule has 1 aliphatic heterocycles. The van der Waals surface area contributed by atoms with Crippen molar-refractivity contribution in [1.29, 1.82) is 0 Å². The Hall–Kier alpha value is -1.65. The van der Waals surface area contributed by atoms with E-state index in [2.05, 4.69) is 17.2 Å². The zero-order valence-corrected chi connectivity index (χ0v) is 14.7. The molecule has 0 radical (unpaired) electrons. The second-order valence-corrected chi connectivity index (χ2v) is 6.80. The second-order valence-electron chi connectivity index (χ2n) is 6.80. The predicted molar refractivity (Wildman–Crippen MR) is 97.2 cm³/mol. The summed E-state index contributed by atoms with van der Waals surface area (Å²) < 4.78 is 5.32. The van der Waals surface area contributed by atoms with Crippen LogP contribution in [0.4, 0.5) is 0 Å². The van der Waals surface area contributed by atoms with Gasteiger partial charge in [-0.3, -0.25) is 4.98 Å². The van der Waals surface area contributed by atoms with Gasteiger partial charge in [0.2, 0.25) is 0 Å². The quantitative estimate of drug-likeness (QED) is 0.849. The molecule has 0 aliphatic carbocycles. The largest absolute Gasteiger partial charge is 0.497 e. The van der Waals surface area contributed by atoms with E-state index in [1.165, 1.54) is 12.8 Å². The highest BCUT2D eigenvalue weighted by molar-refractivity contribution is 5.83. The number of benzene rings is 1. The number of rotatable bonds is 6. The number of nitrogens with one attached hydrogen (secondary N) is 1. The first kappa shape index (κ1) is 17.2. The number of aliphatic hydroxyl groups excluding tert-OH is 1. The molecule has 0 amide bonds. The lowest BCUT2D eigenvalue weighted by Crippen LogP contribution is -2.36. The number of fused-ring (bicyclic) bond motifs is 1. The van der Waals surface area contributed by atoms with E-state index >= 15 is 0 Å². The summed E-state index contributed by atoms with van der Waals surface area (Å²) in [5.74, 6) is 2.25. The summed E-state index contributed by atoms with van der Waals surface area (Å²) in [6.07, 6.45) is 5.65. The molecule has 1 saturated heterocycles. The monoisotopic (exact) mass is 328 g/mol. The Kier molecular flexibility index (Phi) is 5.69. The normalized spacial score (nSPS) is 22.5. The first-order valence-corrected chi connectivity index (χ1v) is 9.04. The molecular weight excluding hydrogens is 300 g/mol. The van der Waals surface area contributed by atoms with Gasteiger partial charge in [-0.2, -0.15) is 0 Å². The number of pyridine rings is 1. The van der Waals surface area contributed by atoms with Crippen LogP contribution in [-0.2, 0) is 0 Å². The molecule has 0 bridgehead atoms. The van der Waals surface area contributed by atoms with E-state index in [-0.39, 0.29) is 0 Å². The van der Waals surface area contributed by atoms with E-state index < -0.39 is 6.10 Å². The molecule has 2 heterocycles. The minimum Gasteiger partial charge on any atom is -0.497 e. The van der Waals surface area contributed by atoms with Crippen LogP contribution >= 0.6 is 0 Å². The number of hydrogen-bond acceptors (Lipinski definition) is 4. The summed E-state index contributed by atoms with van der Waals surface area (Å²) in [5.41, 5.74) is 1.86.